The normalized spacial score (nSPS) is 19.5. The largest absolute Gasteiger partial charge is 0.376 e. The Kier molecular flexibility index (Phi) is 6.22. The molecular weight excluding hydrogens is 448 g/mol. The van der Waals surface area contributed by atoms with E-state index in [2.05, 4.69) is 33.1 Å². The molecule has 1 saturated heterocycles. The van der Waals surface area contributed by atoms with Crippen LogP contribution >= 0.6 is 11.8 Å². The maximum Gasteiger partial charge on any atom is 0.295 e. The van der Waals surface area contributed by atoms with E-state index in [1.807, 2.05) is 55.9 Å². The first kappa shape index (κ1) is 22.7. The van der Waals surface area contributed by atoms with Crippen molar-refractivity contribution < 1.29 is 4.74 Å². The van der Waals surface area contributed by atoms with Gasteiger partial charge < -0.3 is 9.30 Å². The van der Waals surface area contributed by atoms with Crippen LogP contribution in [-0.4, -0.2) is 49.8 Å². The van der Waals surface area contributed by atoms with Gasteiger partial charge in [-0.15, -0.1) is 0 Å². The van der Waals surface area contributed by atoms with E-state index in [0.717, 1.165) is 64.4 Å². The number of para-hydroxylation sites is 1. The van der Waals surface area contributed by atoms with Crippen LogP contribution in [0.5, 0.6) is 0 Å². The average molecular weight is 479 g/mol. The Bertz CT molecular complexity index is 1330. The number of benzene rings is 1. The highest BCUT2D eigenvalue weighted by Gasteiger charge is 2.24. The zero-order valence-corrected chi connectivity index (χ0v) is 20.9. The van der Waals surface area contributed by atoms with E-state index >= 15 is 0 Å². The monoisotopic (exact) mass is 478 g/mol. The molecule has 2 aliphatic heterocycles. The maximum atomic E-state index is 13.6. The van der Waals surface area contributed by atoms with Gasteiger partial charge in [0.1, 0.15) is 5.69 Å². The molecule has 1 atom stereocenters. The van der Waals surface area contributed by atoms with Crippen molar-refractivity contribution in [2.75, 3.05) is 18.9 Å². The summed E-state index contributed by atoms with van der Waals surface area (Å²) in [7, 11) is 1.92. The predicted octanol–water partition coefficient (Wildman–Crippen LogP) is 3.47. The van der Waals surface area contributed by atoms with Gasteiger partial charge in [-0.1, -0.05) is 30.0 Å². The molecule has 4 heterocycles. The number of aliphatic imine (C=N–C) groups is 1. The minimum Gasteiger partial charge on any atom is -0.376 e. The van der Waals surface area contributed by atoms with Crippen molar-refractivity contribution >= 4 is 22.6 Å². The number of hydrogen-bond donors (Lipinski definition) is 1. The minimum atomic E-state index is -0.0406. The van der Waals surface area contributed by atoms with Gasteiger partial charge in [-0.05, 0) is 51.8 Å². The van der Waals surface area contributed by atoms with Gasteiger partial charge in [0.15, 0.2) is 5.17 Å². The molecule has 0 spiro atoms. The van der Waals surface area contributed by atoms with Crippen molar-refractivity contribution in [1.29, 1.82) is 0 Å². The molecule has 1 N–H and O–H groups in total. The van der Waals surface area contributed by atoms with Gasteiger partial charge in [0, 0.05) is 36.4 Å². The van der Waals surface area contributed by atoms with E-state index in [4.69, 9.17) is 4.74 Å². The van der Waals surface area contributed by atoms with E-state index in [0.29, 0.717) is 12.2 Å². The molecule has 5 rings (SSSR count). The lowest BCUT2D eigenvalue weighted by molar-refractivity contribution is 0.118. The maximum absolute atomic E-state index is 13.6. The van der Waals surface area contributed by atoms with Gasteiger partial charge in [0.05, 0.1) is 29.7 Å². The summed E-state index contributed by atoms with van der Waals surface area (Å²) in [6.45, 7) is 7.59. The number of thioether (sulfide) groups is 1. The molecule has 0 amide bonds. The average Bonchev–Trinajstić information content (AvgIpc) is 3.52. The molecule has 0 radical (unpaired) electrons. The first-order chi connectivity index (χ1) is 16.5. The smallest absolute Gasteiger partial charge is 0.295 e. The van der Waals surface area contributed by atoms with E-state index in [9.17, 15) is 4.79 Å². The van der Waals surface area contributed by atoms with Crippen LogP contribution in [0, 0.1) is 20.8 Å². The number of nitrogens with one attached hydrogen (secondary N) is 1. The second-order valence-electron chi connectivity index (χ2n) is 8.77. The van der Waals surface area contributed by atoms with Gasteiger partial charge in [0.2, 0.25) is 0 Å². The zero-order chi connectivity index (χ0) is 23.8. The summed E-state index contributed by atoms with van der Waals surface area (Å²) in [4.78, 5) is 18.2. The fourth-order valence-corrected chi connectivity index (χ4v) is 5.49. The Labute approximate surface area is 203 Å². The summed E-state index contributed by atoms with van der Waals surface area (Å²) in [5.41, 5.74) is 9.50. The SMILES string of the molecule is Cc1cc(C2=NNC(=NCC3CCCO3)SC2)c(C)n1-c1c(C)n(C)n(-c2ccccc2)c1=O. The number of aromatic nitrogens is 3. The molecule has 3 aromatic rings. The number of ether oxygens (including phenoxy) is 1. The van der Waals surface area contributed by atoms with Crippen molar-refractivity contribution in [2.45, 2.75) is 39.7 Å². The van der Waals surface area contributed by atoms with Crippen molar-refractivity contribution in [3.05, 3.63) is 69.4 Å². The molecule has 8 nitrogen and oxygen atoms in total. The highest BCUT2D eigenvalue weighted by Crippen LogP contribution is 2.25. The molecule has 0 saturated carbocycles. The Balaban J connectivity index is 1.46. The van der Waals surface area contributed by atoms with E-state index in [1.54, 1.807) is 16.4 Å². The Morgan fingerprint density at radius 3 is 2.68 bits per heavy atom. The van der Waals surface area contributed by atoms with Crippen LogP contribution in [0.25, 0.3) is 11.4 Å². The summed E-state index contributed by atoms with van der Waals surface area (Å²) in [6, 6.07) is 11.8. The van der Waals surface area contributed by atoms with Gasteiger partial charge in [0.25, 0.3) is 5.56 Å². The summed E-state index contributed by atoms with van der Waals surface area (Å²) in [5, 5.41) is 5.45. The molecule has 0 aliphatic carbocycles. The quantitative estimate of drug-likeness (QED) is 0.609. The van der Waals surface area contributed by atoms with Crippen molar-refractivity contribution in [3.8, 4) is 11.4 Å². The second-order valence-corrected chi connectivity index (χ2v) is 9.73. The topological polar surface area (TPSA) is 77.8 Å². The van der Waals surface area contributed by atoms with Crippen LogP contribution in [0.2, 0.25) is 0 Å². The van der Waals surface area contributed by atoms with Crippen LogP contribution in [0.15, 0.2) is 51.3 Å². The molecule has 1 unspecified atom stereocenters. The van der Waals surface area contributed by atoms with Crippen LogP contribution in [-0.2, 0) is 11.8 Å². The minimum absolute atomic E-state index is 0.0406. The van der Waals surface area contributed by atoms with Gasteiger partial charge >= 0.3 is 0 Å². The first-order valence-electron chi connectivity index (χ1n) is 11.6. The number of hydrazone groups is 1. The first-order valence-corrected chi connectivity index (χ1v) is 12.6. The fourth-order valence-electron chi connectivity index (χ4n) is 4.72. The van der Waals surface area contributed by atoms with Gasteiger partial charge in [-0.2, -0.15) is 5.10 Å². The van der Waals surface area contributed by atoms with Crippen molar-refractivity contribution in [2.24, 2.45) is 17.1 Å². The molecule has 178 valence electrons. The molecule has 2 aromatic heterocycles. The Morgan fingerprint density at radius 1 is 1.21 bits per heavy atom. The number of nitrogens with zero attached hydrogens (tertiary/aromatic N) is 5. The Hall–Kier alpha value is -3.04. The van der Waals surface area contributed by atoms with Crippen LogP contribution < -0.4 is 11.0 Å². The van der Waals surface area contributed by atoms with E-state index in [1.165, 1.54) is 0 Å². The highest BCUT2D eigenvalue weighted by molar-refractivity contribution is 8.14. The van der Waals surface area contributed by atoms with E-state index < -0.39 is 0 Å². The third kappa shape index (κ3) is 4.03. The van der Waals surface area contributed by atoms with Crippen molar-refractivity contribution in [3.63, 3.8) is 0 Å². The molecule has 9 heteroatoms. The molecule has 1 aromatic carbocycles. The number of hydrogen-bond acceptors (Lipinski definition) is 5. The van der Waals surface area contributed by atoms with Crippen LogP contribution in [0.3, 0.4) is 0 Å². The van der Waals surface area contributed by atoms with Gasteiger partial charge in [-0.3, -0.25) is 19.9 Å². The summed E-state index contributed by atoms with van der Waals surface area (Å²) < 4.78 is 11.3. The summed E-state index contributed by atoms with van der Waals surface area (Å²) in [5.74, 6) is 0.726. The molecule has 0 bridgehead atoms. The molecule has 34 heavy (non-hydrogen) atoms. The van der Waals surface area contributed by atoms with Gasteiger partial charge in [-0.25, -0.2) is 4.68 Å². The summed E-state index contributed by atoms with van der Waals surface area (Å²) >= 11 is 1.65. The summed E-state index contributed by atoms with van der Waals surface area (Å²) in [6.07, 6.45) is 2.42. The highest BCUT2D eigenvalue weighted by atomic mass is 32.2. The molecular formula is C25H30N6O2S. The molecule has 2 aliphatic rings. The lowest BCUT2D eigenvalue weighted by Gasteiger charge is -2.16. The third-order valence-electron chi connectivity index (χ3n) is 6.58. The zero-order valence-electron chi connectivity index (χ0n) is 20.0. The lowest BCUT2D eigenvalue weighted by Crippen LogP contribution is -2.27. The van der Waals surface area contributed by atoms with E-state index in [-0.39, 0.29) is 11.7 Å². The lowest BCUT2D eigenvalue weighted by atomic mass is 10.1. The number of rotatable bonds is 5. The number of aryl methyl sites for hydroxylation is 1. The Morgan fingerprint density at radius 2 is 2.00 bits per heavy atom. The second kappa shape index (κ2) is 9.31. The standard InChI is InChI=1S/C25H30N6O2S/c1-16-13-21(22-15-34-25(28-27-22)26-14-20-11-8-12-33-20)17(2)30(16)23-18(3)29(4)31(24(23)32)19-9-6-5-7-10-19/h5-7,9-10,13,20H,8,11-12,14-15H2,1-4H3,(H,26,28). The number of amidine groups is 1. The van der Waals surface area contributed by atoms with Crippen LogP contribution in [0.4, 0.5) is 0 Å². The third-order valence-corrected chi connectivity index (χ3v) is 7.50. The van der Waals surface area contributed by atoms with Crippen LogP contribution in [0.1, 0.15) is 35.5 Å². The molecule has 1 fully saturated rings. The fraction of sp³-hybridized carbons (Fsp3) is 0.400. The predicted molar refractivity (Wildman–Crippen MR) is 138 cm³/mol. The van der Waals surface area contributed by atoms with Crippen molar-refractivity contribution in [1.82, 2.24) is 19.4 Å².